The minimum atomic E-state index is -3.72. The highest BCUT2D eigenvalue weighted by atomic mass is 32.2. The molecule has 1 aromatic heterocycles. The van der Waals surface area contributed by atoms with Crippen molar-refractivity contribution in [3.63, 3.8) is 0 Å². The van der Waals surface area contributed by atoms with Crippen molar-refractivity contribution in [2.45, 2.75) is 18.2 Å². The number of hydrogen-bond acceptors (Lipinski definition) is 5. The smallest absolute Gasteiger partial charge is 0.261 e. The molecule has 0 unspecified atom stereocenters. The zero-order valence-corrected chi connectivity index (χ0v) is 19.6. The van der Waals surface area contributed by atoms with Crippen LogP contribution < -0.4 is 10.0 Å². The summed E-state index contributed by atoms with van der Waals surface area (Å²) in [6, 6.07) is 22.7. The molecule has 6 nitrogen and oxygen atoms in total. The summed E-state index contributed by atoms with van der Waals surface area (Å²) >= 11 is 1.62. The Kier molecular flexibility index (Phi) is 6.86. The summed E-state index contributed by atoms with van der Waals surface area (Å²) in [5.74, 6) is -0.259. The summed E-state index contributed by atoms with van der Waals surface area (Å²) in [5, 5.41) is 5.97. The molecule has 0 aliphatic heterocycles. The van der Waals surface area contributed by atoms with Crippen LogP contribution in [0.1, 0.15) is 20.9 Å². The average molecular weight is 478 g/mol. The molecule has 0 bridgehead atoms. The van der Waals surface area contributed by atoms with Crippen molar-refractivity contribution in [1.29, 1.82) is 0 Å². The number of carbonyl (C=O) groups excluding carboxylic acids is 1. The Hall–Kier alpha value is -3.49. The Labute approximate surface area is 197 Å². The first-order chi connectivity index (χ1) is 15.9. The van der Waals surface area contributed by atoms with E-state index < -0.39 is 10.0 Å². The lowest BCUT2D eigenvalue weighted by molar-refractivity contribution is 0.0954. The number of carbonyl (C=O) groups is 1. The number of thiazole rings is 1. The van der Waals surface area contributed by atoms with Crippen molar-refractivity contribution < 1.29 is 13.2 Å². The van der Waals surface area contributed by atoms with Gasteiger partial charge in [-0.2, -0.15) is 0 Å². The van der Waals surface area contributed by atoms with Crippen molar-refractivity contribution in [2.75, 3.05) is 11.3 Å². The fraction of sp³-hybridized carbons (Fsp3) is 0.120. The molecule has 33 heavy (non-hydrogen) atoms. The van der Waals surface area contributed by atoms with Crippen LogP contribution in [0.15, 0.2) is 89.1 Å². The molecule has 1 heterocycles. The van der Waals surface area contributed by atoms with E-state index in [2.05, 4.69) is 15.0 Å². The van der Waals surface area contributed by atoms with Crippen LogP contribution in [0.5, 0.6) is 0 Å². The first kappa shape index (κ1) is 22.7. The summed E-state index contributed by atoms with van der Waals surface area (Å²) in [6.07, 6.45) is 0.683. The average Bonchev–Trinajstić information content (AvgIpc) is 3.26. The highest BCUT2D eigenvalue weighted by Crippen LogP contribution is 2.22. The van der Waals surface area contributed by atoms with E-state index in [4.69, 9.17) is 0 Å². The topological polar surface area (TPSA) is 88.2 Å². The van der Waals surface area contributed by atoms with Gasteiger partial charge in [0.2, 0.25) is 0 Å². The highest BCUT2D eigenvalue weighted by Gasteiger charge is 2.14. The zero-order chi connectivity index (χ0) is 23.3. The second-order valence-electron chi connectivity index (χ2n) is 7.45. The third-order valence-corrected chi connectivity index (χ3v) is 7.17. The molecule has 0 saturated heterocycles. The third kappa shape index (κ3) is 5.85. The van der Waals surface area contributed by atoms with Gasteiger partial charge in [0.25, 0.3) is 15.9 Å². The normalized spacial score (nSPS) is 11.2. The molecule has 0 atom stereocenters. The van der Waals surface area contributed by atoms with Crippen LogP contribution in [0.4, 0.5) is 5.69 Å². The van der Waals surface area contributed by atoms with Gasteiger partial charge in [-0.15, -0.1) is 11.3 Å². The Morgan fingerprint density at radius 2 is 1.73 bits per heavy atom. The van der Waals surface area contributed by atoms with Crippen LogP contribution >= 0.6 is 11.3 Å². The molecule has 1 amide bonds. The van der Waals surface area contributed by atoms with Gasteiger partial charge in [0, 0.05) is 28.7 Å². The van der Waals surface area contributed by atoms with Crippen LogP contribution in [0, 0.1) is 6.92 Å². The molecule has 2 N–H and O–H groups in total. The van der Waals surface area contributed by atoms with E-state index in [0.29, 0.717) is 24.2 Å². The van der Waals surface area contributed by atoms with E-state index in [0.717, 1.165) is 21.8 Å². The van der Waals surface area contributed by atoms with E-state index in [-0.39, 0.29) is 10.8 Å². The Morgan fingerprint density at radius 3 is 2.42 bits per heavy atom. The maximum absolute atomic E-state index is 12.6. The first-order valence-electron chi connectivity index (χ1n) is 10.4. The predicted molar refractivity (Wildman–Crippen MR) is 132 cm³/mol. The van der Waals surface area contributed by atoms with Gasteiger partial charge in [0.1, 0.15) is 0 Å². The standard InChI is InChI=1S/C25H23N3O3S2/c1-18-27-24(17-32-18)20-12-10-19(11-13-20)14-15-26-25(29)21-6-5-7-22(16-21)28-33(30,31)23-8-3-2-4-9-23/h2-13,16-17,28H,14-15H2,1H3,(H,26,29). The largest absolute Gasteiger partial charge is 0.352 e. The first-order valence-corrected chi connectivity index (χ1v) is 12.7. The summed E-state index contributed by atoms with van der Waals surface area (Å²) in [4.78, 5) is 17.2. The van der Waals surface area contributed by atoms with Gasteiger partial charge >= 0.3 is 0 Å². The number of rotatable bonds is 8. The molecule has 0 aliphatic carbocycles. The Bertz CT molecular complexity index is 1350. The lowest BCUT2D eigenvalue weighted by atomic mass is 10.1. The lowest BCUT2D eigenvalue weighted by Gasteiger charge is -2.10. The molecule has 3 aromatic carbocycles. The van der Waals surface area contributed by atoms with Gasteiger partial charge in [0.05, 0.1) is 15.6 Å². The SMILES string of the molecule is Cc1nc(-c2ccc(CCNC(=O)c3cccc(NS(=O)(=O)c4ccccc4)c3)cc2)cs1. The van der Waals surface area contributed by atoms with Crippen LogP contribution in [-0.4, -0.2) is 25.9 Å². The molecule has 0 fully saturated rings. The number of sulfonamides is 1. The summed E-state index contributed by atoms with van der Waals surface area (Å²) in [6.45, 7) is 2.45. The second kappa shape index (κ2) is 9.97. The molecule has 4 aromatic rings. The minimum absolute atomic E-state index is 0.163. The molecular formula is C25H23N3O3S2. The summed E-state index contributed by atoms with van der Waals surface area (Å²) in [7, 11) is -3.72. The van der Waals surface area contributed by atoms with Gasteiger partial charge in [-0.05, 0) is 49.2 Å². The highest BCUT2D eigenvalue weighted by molar-refractivity contribution is 7.92. The van der Waals surface area contributed by atoms with Crippen LogP contribution in [0.25, 0.3) is 11.3 Å². The van der Waals surface area contributed by atoms with E-state index in [1.54, 1.807) is 47.7 Å². The molecule has 0 radical (unpaired) electrons. The number of nitrogens with zero attached hydrogens (tertiary/aromatic N) is 1. The lowest BCUT2D eigenvalue weighted by Crippen LogP contribution is -2.25. The molecule has 4 rings (SSSR count). The van der Waals surface area contributed by atoms with Crippen molar-refractivity contribution in [3.05, 3.63) is 100 Å². The second-order valence-corrected chi connectivity index (χ2v) is 10.2. The molecular weight excluding hydrogens is 454 g/mol. The van der Waals surface area contributed by atoms with E-state index in [9.17, 15) is 13.2 Å². The molecule has 0 spiro atoms. The monoisotopic (exact) mass is 477 g/mol. The van der Waals surface area contributed by atoms with Crippen molar-refractivity contribution in [3.8, 4) is 11.3 Å². The maximum atomic E-state index is 12.6. The van der Waals surface area contributed by atoms with Crippen molar-refractivity contribution in [1.82, 2.24) is 10.3 Å². The summed E-state index contributed by atoms with van der Waals surface area (Å²) < 4.78 is 27.5. The van der Waals surface area contributed by atoms with Crippen molar-refractivity contribution >= 4 is 33.0 Å². The third-order valence-electron chi connectivity index (χ3n) is 5.00. The number of nitrogens with one attached hydrogen (secondary N) is 2. The van der Waals surface area contributed by atoms with Gasteiger partial charge in [-0.25, -0.2) is 13.4 Å². The maximum Gasteiger partial charge on any atom is 0.261 e. The fourth-order valence-electron chi connectivity index (χ4n) is 3.30. The fourth-order valence-corrected chi connectivity index (χ4v) is 4.99. The number of benzene rings is 3. The minimum Gasteiger partial charge on any atom is -0.352 e. The van der Waals surface area contributed by atoms with E-state index >= 15 is 0 Å². The number of anilines is 1. The number of hydrogen-bond donors (Lipinski definition) is 2. The van der Waals surface area contributed by atoms with Crippen LogP contribution in [0.3, 0.4) is 0 Å². The van der Waals surface area contributed by atoms with Crippen LogP contribution in [0.2, 0.25) is 0 Å². The van der Waals surface area contributed by atoms with Gasteiger partial charge < -0.3 is 5.32 Å². The molecule has 0 saturated carbocycles. The van der Waals surface area contributed by atoms with Crippen molar-refractivity contribution in [2.24, 2.45) is 0 Å². The quantitative estimate of drug-likeness (QED) is 0.378. The molecule has 0 aliphatic rings. The predicted octanol–water partition coefficient (Wildman–Crippen LogP) is 4.89. The van der Waals surface area contributed by atoms with E-state index in [1.807, 2.05) is 36.6 Å². The van der Waals surface area contributed by atoms with Gasteiger partial charge in [0.15, 0.2) is 0 Å². The molecule has 8 heteroatoms. The zero-order valence-electron chi connectivity index (χ0n) is 18.0. The number of aryl methyl sites for hydroxylation is 1. The summed E-state index contributed by atoms with van der Waals surface area (Å²) in [5.41, 5.74) is 3.87. The van der Waals surface area contributed by atoms with Crippen LogP contribution in [-0.2, 0) is 16.4 Å². The molecule has 168 valence electrons. The van der Waals surface area contributed by atoms with Gasteiger partial charge in [-0.1, -0.05) is 48.5 Å². The Balaban J connectivity index is 1.33. The Morgan fingerprint density at radius 1 is 0.970 bits per heavy atom. The van der Waals surface area contributed by atoms with Gasteiger partial charge in [-0.3, -0.25) is 9.52 Å². The van der Waals surface area contributed by atoms with E-state index in [1.165, 1.54) is 18.2 Å². The number of aromatic nitrogens is 1. The number of amides is 1.